The molecule has 1 fully saturated rings. The van der Waals surface area contributed by atoms with E-state index in [-0.39, 0.29) is 35.6 Å². The van der Waals surface area contributed by atoms with Crippen LogP contribution in [-0.2, 0) is 43.2 Å². The lowest BCUT2D eigenvalue weighted by molar-refractivity contribution is -0.136. The maximum atomic E-state index is 13.3. The third-order valence-corrected chi connectivity index (χ3v) is 11.7. The van der Waals surface area contributed by atoms with E-state index >= 15 is 0 Å². The van der Waals surface area contributed by atoms with Crippen LogP contribution in [0.15, 0.2) is 84.9 Å². The minimum Gasteiger partial charge on any atom is -0.490 e. The molecule has 0 bridgehead atoms. The number of fused-ring (bicyclic) bond motifs is 1. The molecule has 5 amide bonds. The second-order valence-electron chi connectivity index (χ2n) is 16.4. The Kier molecular flexibility index (Phi) is 19.5. The second-order valence-corrected chi connectivity index (χ2v) is 16.4. The Bertz CT molecular complexity index is 1970. The summed E-state index contributed by atoms with van der Waals surface area (Å²) in [4.78, 5) is 66.6. The number of carbonyl (C=O) groups excluding carboxylic acids is 5. The molecular formula is C49H67N7O7. The molecule has 0 unspecified atom stereocenters. The van der Waals surface area contributed by atoms with Gasteiger partial charge in [0.15, 0.2) is 0 Å². The first-order valence-corrected chi connectivity index (χ1v) is 22.5. The molecule has 3 aromatic rings. The number of unbranched alkanes of at least 4 members (excludes halogenated alkanes) is 1. The highest BCUT2D eigenvalue weighted by Crippen LogP contribution is 2.29. The number of nitrogens with zero attached hydrogens (tertiary/aromatic N) is 1. The van der Waals surface area contributed by atoms with Crippen molar-refractivity contribution in [2.75, 3.05) is 46.9 Å². The van der Waals surface area contributed by atoms with E-state index in [2.05, 4.69) is 44.0 Å². The van der Waals surface area contributed by atoms with Crippen LogP contribution in [0, 0.1) is 0 Å². The molecule has 0 saturated carbocycles. The molecule has 14 heteroatoms. The molecular weight excluding hydrogens is 799 g/mol. The van der Waals surface area contributed by atoms with E-state index in [0.29, 0.717) is 63.4 Å². The van der Waals surface area contributed by atoms with Gasteiger partial charge in [-0.1, -0.05) is 48.5 Å². The van der Waals surface area contributed by atoms with Gasteiger partial charge < -0.3 is 46.3 Å². The van der Waals surface area contributed by atoms with Crippen molar-refractivity contribution in [3.63, 3.8) is 0 Å². The van der Waals surface area contributed by atoms with E-state index in [4.69, 9.17) is 9.47 Å². The molecule has 0 spiro atoms. The highest BCUT2D eigenvalue weighted by atomic mass is 16.5. The van der Waals surface area contributed by atoms with Crippen molar-refractivity contribution in [2.45, 2.75) is 108 Å². The van der Waals surface area contributed by atoms with E-state index < -0.39 is 24.2 Å². The lowest BCUT2D eigenvalue weighted by atomic mass is 9.87. The van der Waals surface area contributed by atoms with Crippen LogP contribution in [0.1, 0.15) is 87.1 Å². The van der Waals surface area contributed by atoms with Crippen molar-refractivity contribution < 1.29 is 33.4 Å². The Morgan fingerprint density at radius 2 is 1.25 bits per heavy atom. The summed E-state index contributed by atoms with van der Waals surface area (Å²) in [5.74, 6) is 0.538. The zero-order valence-electron chi connectivity index (χ0n) is 37.4. The number of amides is 5. The van der Waals surface area contributed by atoms with Gasteiger partial charge in [-0.05, 0) is 132 Å². The standard InChI is InChI=1S/C49H67N7O7/c1-34(50-3)46(58)54-43(48(60)52-27-8-7-18-45(57)53-42-17-13-15-38-14-5-6-16-41(38)42)32-36-19-23-39(24-20-36)62-30-11-12-31-63-40-25-21-37(22-26-40)33-44(55-47(59)35(2)51-4)49(61)56-28-9-10-29-56/h5-6,11-12,14,16,19-26,34-35,42-44,50-51H,7-10,13,15,17-18,27-33H2,1-4H3,(H,52,60)(H,53,57)(H,54,58)(H,55,59)/b12-11-/t34-,35-,42+,43-,44-/m0/s1. The van der Waals surface area contributed by atoms with Crippen LogP contribution < -0.4 is 41.4 Å². The summed E-state index contributed by atoms with van der Waals surface area (Å²) in [6.07, 6.45) is 11.1. The van der Waals surface area contributed by atoms with Crippen LogP contribution in [-0.4, -0.2) is 106 Å². The van der Waals surface area contributed by atoms with Gasteiger partial charge >= 0.3 is 0 Å². The lowest BCUT2D eigenvalue weighted by Crippen LogP contribution is -2.52. The molecule has 14 nitrogen and oxygen atoms in total. The molecule has 0 aromatic heterocycles. The molecule has 6 N–H and O–H groups in total. The van der Waals surface area contributed by atoms with Gasteiger partial charge in [-0.2, -0.15) is 0 Å². The minimum atomic E-state index is -0.783. The SMILES string of the molecule is CN[C@@H](C)C(=O)N[C@@H](Cc1ccc(OC/C=C\COc2ccc(C[C@H](NC(=O)[C@H](C)NC)C(=O)N3CCCC3)cc2)cc1)C(=O)NCCCCC(=O)N[C@@H]1CCCc2ccccc21. The van der Waals surface area contributed by atoms with Crippen molar-refractivity contribution in [3.8, 4) is 11.5 Å². The van der Waals surface area contributed by atoms with Gasteiger partial charge in [0.1, 0.15) is 36.8 Å². The van der Waals surface area contributed by atoms with E-state index in [0.717, 1.165) is 56.3 Å². The highest BCUT2D eigenvalue weighted by Gasteiger charge is 2.29. The Balaban J connectivity index is 1.02. The summed E-state index contributed by atoms with van der Waals surface area (Å²) in [6.45, 7) is 5.99. The summed E-state index contributed by atoms with van der Waals surface area (Å²) in [6, 6.07) is 21.0. The van der Waals surface area contributed by atoms with Gasteiger partial charge in [0.25, 0.3) is 0 Å². The fourth-order valence-corrected chi connectivity index (χ4v) is 7.68. The number of rotatable bonds is 24. The van der Waals surface area contributed by atoms with Crippen molar-refractivity contribution in [1.82, 2.24) is 36.8 Å². The van der Waals surface area contributed by atoms with Gasteiger partial charge in [-0.3, -0.25) is 24.0 Å². The maximum absolute atomic E-state index is 13.3. The number of hydrogen-bond donors (Lipinski definition) is 6. The summed E-state index contributed by atoms with van der Waals surface area (Å²) in [5.41, 5.74) is 4.29. The third-order valence-electron chi connectivity index (χ3n) is 11.7. The molecule has 1 aliphatic heterocycles. The van der Waals surface area contributed by atoms with Crippen LogP contribution in [0.4, 0.5) is 0 Å². The number of aryl methyl sites for hydroxylation is 1. The number of ether oxygens (including phenoxy) is 2. The summed E-state index contributed by atoms with van der Waals surface area (Å²) >= 11 is 0. The highest BCUT2D eigenvalue weighted by molar-refractivity contribution is 5.90. The van der Waals surface area contributed by atoms with E-state index in [1.165, 1.54) is 11.1 Å². The van der Waals surface area contributed by atoms with Crippen LogP contribution in [0.3, 0.4) is 0 Å². The zero-order chi connectivity index (χ0) is 45.0. The Hall–Kier alpha value is -5.73. The number of carbonyl (C=O) groups is 5. The minimum absolute atomic E-state index is 0.0173. The predicted molar refractivity (Wildman–Crippen MR) is 244 cm³/mol. The first-order valence-electron chi connectivity index (χ1n) is 22.5. The van der Waals surface area contributed by atoms with Crippen LogP contribution >= 0.6 is 0 Å². The number of likely N-dealkylation sites (tertiary alicyclic amines) is 1. The van der Waals surface area contributed by atoms with Gasteiger partial charge in [-0.15, -0.1) is 0 Å². The van der Waals surface area contributed by atoms with Crippen LogP contribution in [0.25, 0.3) is 0 Å². The second kappa shape index (κ2) is 25.4. The summed E-state index contributed by atoms with van der Waals surface area (Å²) < 4.78 is 11.8. The fourth-order valence-electron chi connectivity index (χ4n) is 7.68. The van der Waals surface area contributed by atoms with Crippen LogP contribution in [0.5, 0.6) is 11.5 Å². The topological polar surface area (TPSA) is 179 Å². The average molecular weight is 866 g/mol. The number of likely N-dealkylation sites (N-methyl/N-ethyl adjacent to an activating group) is 2. The summed E-state index contributed by atoms with van der Waals surface area (Å²) in [5, 5.41) is 17.8. The van der Waals surface area contributed by atoms with Crippen molar-refractivity contribution in [3.05, 3.63) is 107 Å². The molecule has 5 rings (SSSR count). The largest absolute Gasteiger partial charge is 0.490 e. The number of nitrogens with one attached hydrogen (secondary N) is 6. The molecule has 63 heavy (non-hydrogen) atoms. The van der Waals surface area contributed by atoms with Gasteiger partial charge in [-0.25, -0.2) is 0 Å². The normalized spacial score (nSPS) is 16.6. The van der Waals surface area contributed by atoms with E-state index in [1.807, 2.05) is 77.7 Å². The molecule has 1 heterocycles. The van der Waals surface area contributed by atoms with Crippen LogP contribution in [0.2, 0.25) is 0 Å². The Labute approximate surface area is 372 Å². The molecule has 5 atom stereocenters. The zero-order valence-corrected chi connectivity index (χ0v) is 37.4. The lowest BCUT2D eigenvalue weighted by Gasteiger charge is -2.26. The molecule has 2 aliphatic rings. The van der Waals surface area contributed by atoms with Crippen molar-refractivity contribution >= 4 is 29.5 Å². The quantitative estimate of drug-likeness (QED) is 0.0572. The van der Waals surface area contributed by atoms with Gasteiger partial charge in [0.2, 0.25) is 29.5 Å². The number of benzene rings is 3. The number of hydrogen-bond acceptors (Lipinski definition) is 9. The van der Waals surface area contributed by atoms with Gasteiger partial charge in [0.05, 0.1) is 18.1 Å². The molecule has 1 saturated heterocycles. The predicted octanol–water partition coefficient (Wildman–Crippen LogP) is 4.07. The van der Waals surface area contributed by atoms with Gasteiger partial charge in [0, 0.05) is 38.9 Å². The molecule has 0 radical (unpaired) electrons. The monoisotopic (exact) mass is 866 g/mol. The van der Waals surface area contributed by atoms with E-state index in [9.17, 15) is 24.0 Å². The Morgan fingerprint density at radius 1 is 0.698 bits per heavy atom. The first-order chi connectivity index (χ1) is 30.5. The molecule has 3 aromatic carbocycles. The summed E-state index contributed by atoms with van der Waals surface area (Å²) in [7, 11) is 3.41. The third kappa shape index (κ3) is 15.5. The average Bonchev–Trinajstić information content (AvgIpc) is 3.85. The smallest absolute Gasteiger partial charge is 0.245 e. The maximum Gasteiger partial charge on any atom is 0.245 e. The molecule has 340 valence electrons. The molecule has 1 aliphatic carbocycles. The van der Waals surface area contributed by atoms with E-state index in [1.54, 1.807) is 27.9 Å². The fraction of sp³-hybridized carbons (Fsp3) is 0.490. The van der Waals surface area contributed by atoms with Crippen molar-refractivity contribution in [2.24, 2.45) is 0 Å². The Morgan fingerprint density at radius 3 is 1.84 bits per heavy atom. The van der Waals surface area contributed by atoms with Crippen molar-refractivity contribution in [1.29, 1.82) is 0 Å². The first kappa shape index (κ1) is 48.3.